The lowest BCUT2D eigenvalue weighted by Crippen LogP contribution is -2.58. The van der Waals surface area contributed by atoms with Crippen molar-refractivity contribution in [1.82, 2.24) is 20.3 Å². The molecule has 0 aliphatic heterocycles. The van der Waals surface area contributed by atoms with Gasteiger partial charge in [-0.2, -0.15) is 0 Å². The lowest BCUT2D eigenvalue weighted by atomic mass is 9.77. The average molecular weight is 402 g/mol. The number of pyridine rings is 1. The highest BCUT2D eigenvalue weighted by Crippen LogP contribution is 2.30. The Morgan fingerprint density at radius 2 is 2.07 bits per heavy atom. The maximum atomic E-state index is 13.7. The van der Waals surface area contributed by atoms with Crippen LogP contribution in [0.4, 0.5) is 4.39 Å². The summed E-state index contributed by atoms with van der Waals surface area (Å²) in [6, 6.07) is 11.8. The van der Waals surface area contributed by atoms with Crippen LogP contribution in [-0.4, -0.2) is 26.4 Å². The molecule has 3 aromatic rings. The Hall–Kier alpha value is -2.77. The van der Waals surface area contributed by atoms with Crippen LogP contribution in [-0.2, 0) is 11.3 Å². The van der Waals surface area contributed by atoms with E-state index in [1.54, 1.807) is 18.3 Å². The molecular weight excluding hydrogens is 381 g/mol. The largest absolute Gasteiger partial charge is 0.347 e. The molecule has 1 amide bonds. The lowest BCUT2D eigenvalue weighted by Gasteiger charge is -2.36. The Kier molecular flexibility index (Phi) is 5.76. The van der Waals surface area contributed by atoms with Crippen molar-refractivity contribution in [2.24, 2.45) is 5.73 Å². The third-order valence-corrected chi connectivity index (χ3v) is 4.89. The van der Waals surface area contributed by atoms with Crippen LogP contribution in [0.2, 0.25) is 0 Å². The van der Waals surface area contributed by atoms with E-state index in [2.05, 4.69) is 20.3 Å². The highest BCUT2D eigenvalue weighted by Gasteiger charge is 2.39. The molecule has 8 heteroatoms. The molecule has 0 atom stereocenters. The molecule has 1 aliphatic carbocycles. The van der Waals surface area contributed by atoms with Crippen molar-refractivity contribution in [3.05, 3.63) is 60.3 Å². The molecule has 0 saturated heterocycles. The van der Waals surface area contributed by atoms with E-state index in [0.29, 0.717) is 41.3 Å². The Balaban J connectivity index is 0.00000225. The first-order chi connectivity index (χ1) is 13.0. The molecule has 2 aromatic heterocycles. The third kappa shape index (κ3) is 3.90. The van der Waals surface area contributed by atoms with Gasteiger partial charge in [-0.15, -0.1) is 12.4 Å². The fourth-order valence-corrected chi connectivity index (χ4v) is 3.17. The summed E-state index contributed by atoms with van der Waals surface area (Å²) in [5.41, 5.74) is 7.88. The molecule has 146 valence electrons. The summed E-state index contributed by atoms with van der Waals surface area (Å²) in [6.45, 7) is 0.215. The van der Waals surface area contributed by atoms with Crippen LogP contribution in [0.1, 0.15) is 25.1 Å². The minimum atomic E-state index is -0.762. The minimum absolute atomic E-state index is 0. The van der Waals surface area contributed by atoms with Gasteiger partial charge < -0.3 is 16.0 Å². The van der Waals surface area contributed by atoms with Gasteiger partial charge in [0.25, 0.3) is 0 Å². The molecule has 1 saturated carbocycles. The van der Waals surface area contributed by atoms with Crippen LogP contribution < -0.4 is 11.1 Å². The number of nitrogens with one attached hydrogen (secondary N) is 2. The van der Waals surface area contributed by atoms with E-state index in [4.69, 9.17) is 5.73 Å². The zero-order valence-corrected chi connectivity index (χ0v) is 15.9. The summed E-state index contributed by atoms with van der Waals surface area (Å²) in [5.74, 6) is 0.0513. The lowest BCUT2D eigenvalue weighted by molar-refractivity contribution is -0.129. The number of hydrogen-bond donors (Lipinski definition) is 3. The van der Waals surface area contributed by atoms with Gasteiger partial charge in [-0.1, -0.05) is 18.2 Å². The number of benzene rings is 1. The maximum absolute atomic E-state index is 13.7. The van der Waals surface area contributed by atoms with Gasteiger partial charge >= 0.3 is 0 Å². The smallest absolute Gasteiger partial charge is 0.240 e. The number of H-pyrrole nitrogens is 1. The van der Waals surface area contributed by atoms with E-state index in [1.165, 1.54) is 12.1 Å². The summed E-state index contributed by atoms with van der Waals surface area (Å²) >= 11 is 0. The molecular formula is C20H21ClFN5O. The molecule has 28 heavy (non-hydrogen) atoms. The molecule has 0 spiro atoms. The summed E-state index contributed by atoms with van der Waals surface area (Å²) < 4.78 is 13.7. The van der Waals surface area contributed by atoms with Crippen LogP contribution in [0.3, 0.4) is 0 Å². The SMILES string of the molecule is Cl.NC1(C(=O)NCc2nc(-c3cccc(F)c3)c(-c3ccccn3)[nH]2)CCC1. The van der Waals surface area contributed by atoms with Crippen molar-refractivity contribution < 1.29 is 9.18 Å². The predicted molar refractivity (Wildman–Crippen MR) is 107 cm³/mol. The molecule has 4 N–H and O–H groups in total. The van der Waals surface area contributed by atoms with Crippen molar-refractivity contribution >= 4 is 18.3 Å². The fraction of sp³-hybridized carbons (Fsp3) is 0.250. The van der Waals surface area contributed by atoms with Gasteiger partial charge in [-0.05, 0) is 43.5 Å². The minimum Gasteiger partial charge on any atom is -0.347 e. The van der Waals surface area contributed by atoms with Crippen LogP contribution in [0, 0.1) is 5.82 Å². The Morgan fingerprint density at radius 3 is 2.71 bits per heavy atom. The maximum Gasteiger partial charge on any atom is 0.240 e. The number of carbonyl (C=O) groups excluding carboxylic acids is 1. The molecule has 4 rings (SSSR count). The number of nitrogens with two attached hydrogens (primary N) is 1. The first-order valence-corrected chi connectivity index (χ1v) is 8.89. The first-order valence-electron chi connectivity index (χ1n) is 8.89. The van der Waals surface area contributed by atoms with E-state index >= 15 is 0 Å². The quantitative estimate of drug-likeness (QED) is 0.611. The summed E-state index contributed by atoms with van der Waals surface area (Å²) in [5, 5.41) is 2.84. The number of hydrogen-bond acceptors (Lipinski definition) is 4. The van der Waals surface area contributed by atoms with Gasteiger partial charge in [0, 0.05) is 11.8 Å². The summed E-state index contributed by atoms with van der Waals surface area (Å²) in [6.07, 6.45) is 4.05. The number of carbonyl (C=O) groups is 1. The zero-order valence-electron chi connectivity index (χ0n) is 15.1. The average Bonchev–Trinajstić information content (AvgIpc) is 3.09. The van der Waals surface area contributed by atoms with Gasteiger partial charge in [0.05, 0.1) is 29.2 Å². The van der Waals surface area contributed by atoms with Gasteiger partial charge in [0.1, 0.15) is 11.6 Å². The highest BCUT2D eigenvalue weighted by molar-refractivity contribution is 5.87. The number of imidazole rings is 1. The highest BCUT2D eigenvalue weighted by atomic mass is 35.5. The Morgan fingerprint density at radius 1 is 1.25 bits per heavy atom. The zero-order chi connectivity index (χ0) is 18.9. The van der Waals surface area contributed by atoms with Crippen LogP contribution >= 0.6 is 12.4 Å². The van der Waals surface area contributed by atoms with Crippen molar-refractivity contribution in [2.45, 2.75) is 31.3 Å². The van der Waals surface area contributed by atoms with Crippen molar-refractivity contribution in [3.63, 3.8) is 0 Å². The summed E-state index contributed by atoms with van der Waals surface area (Å²) in [7, 11) is 0. The van der Waals surface area contributed by atoms with E-state index in [0.717, 1.165) is 6.42 Å². The third-order valence-electron chi connectivity index (χ3n) is 4.89. The van der Waals surface area contributed by atoms with Crippen LogP contribution in [0.25, 0.3) is 22.6 Å². The topological polar surface area (TPSA) is 96.7 Å². The van der Waals surface area contributed by atoms with Gasteiger partial charge in [0.2, 0.25) is 5.91 Å². The number of rotatable bonds is 5. The molecule has 0 bridgehead atoms. The standard InChI is InChI=1S/C20H20FN5O.ClH/c21-14-6-3-5-13(11-14)17-18(15-7-1-2-10-23-15)26-16(25-17)12-24-19(27)20(22)8-4-9-20;/h1-3,5-7,10-11H,4,8-9,12,22H2,(H,24,27)(H,25,26);1H. The molecule has 2 heterocycles. The van der Waals surface area contributed by atoms with E-state index in [9.17, 15) is 9.18 Å². The molecule has 1 aliphatic rings. The molecule has 1 aromatic carbocycles. The van der Waals surface area contributed by atoms with E-state index in [1.807, 2.05) is 18.2 Å². The monoisotopic (exact) mass is 401 g/mol. The van der Waals surface area contributed by atoms with Crippen LogP contribution in [0.5, 0.6) is 0 Å². The normalized spacial score (nSPS) is 14.6. The first kappa shape index (κ1) is 20.0. The van der Waals surface area contributed by atoms with Crippen molar-refractivity contribution in [1.29, 1.82) is 0 Å². The number of aromatic amines is 1. The van der Waals surface area contributed by atoms with Gasteiger partial charge in [0.15, 0.2) is 0 Å². The fourth-order valence-electron chi connectivity index (χ4n) is 3.17. The van der Waals surface area contributed by atoms with E-state index < -0.39 is 5.54 Å². The van der Waals surface area contributed by atoms with Gasteiger partial charge in [-0.25, -0.2) is 9.37 Å². The second-order valence-electron chi connectivity index (χ2n) is 6.82. The van der Waals surface area contributed by atoms with Crippen molar-refractivity contribution in [2.75, 3.05) is 0 Å². The Bertz CT molecular complexity index is 972. The van der Waals surface area contributed by atoms with Crippen molar-refractivity contribution in [3.8, 4) is 22.6 Å². The van der Waals surface area contributed by atoms with Crippen LogP contribution in [0.15, 0.2) is 48.7 Å². The molecule has 0 radical (unpaired) electrons. The predicted octanol–water partition coefficient (Wildman–Crippen LogP) is 3.20. The number of amides is 1. The second-order valence-corrected chi connectivity index (χ2v) is 6.82. The summed E-state index contributed by atoms with van der Waals surface area (Å²) in [4.78, 5) is 24.4. The molecule has 6 nitrogen and oxygen atoms in total. The molecule has 0 unspecified atom stereocenters. The number of aromatic nitrogens is 3. The van der Waals surface area contributed by atoms with Gasteiger partial charge in [-0.3, -0.25) is 9.78 Å². The van der Waals surface area contributed by atoms with E-state index in [-0.39, 0.29) is 30.7 Å². The molecule has 1 fully saturated rings. The number of nitrogens with zero attached hydrogens (tertiary/aromatic N) is 2. The number of halogens is 2. The Labute approximate surface area is 168 Å². The second kappa shape index (κ2) is 8.08.